The Labute approximate surface area is 107 Å². The highest BCUT2D eigenvalue weighted by Gasteiger charge is 2.28. The van der Waals surface area contributed by atoms with Crippen LogP contribution in [0.3, 0.4) is 0 Å². The van der Waals surface area contributed by atoms with Crippen molar-refractivity contribution in [3.63, 3.8) is 0 Å². The molecule has 0 saturated carbocycles. The summed E-state index contributed by atoms with van der Waals surface area (Å²) in [6.45, 7) is 4.41. The minimum atomic E-state index is 0.382. The number of rotatable bonds is 1. The van der Waals surface area contributed by atoms with E-state index in [9.17, 15) is 0 Å². The van der Waals surface area contributed by atoms with E-state index < -0.39 is 0 Å². The molecule has 0 bridgehead atoms. The molecule has 1 aromatic carbocycles. The normalized spacial score (nSPS) is 22.8. The number of nitrogens with two attached hydrogens (primary N) is 1. The highest BCUT2D eigenvalue weighted by molar-refractivity contribution is 5.45. The third-order valence-corrected chi connectivity index (χ3v) is 3.95. The first-order valence-corrected chi connectivity index (χ1v) is 6.44. The molecular formula is C15H18N2O. The summed E-state index contributed by atoms with van der Waals surface area (Å²) in [7, 11) is 0. The summed E-state index contributed by atoms with van der Waals surface area (Å²) in [5, 5.41) is 4.07. The van der Waals surface area contributed by atoms with Gasteiger partial charge >= 0.3 is 0 Å². The second kappa shape index (κ2) is 4.16. The lowest BCUT2D eigenvalue weighted by atomic mass is 9.76. The lowest BCUT2D eigenvalue weighted by Crippen LogP contribution is -2.17. The Kier molecular flexibility index (Phi) is 2.62. The van der Waals surface area contributed by atoms with Crippen molar-refractivity contribution >= 4 is 5.69 Å². The lowest BCUT2D eigenvalue weighted by Gasteiger charge is -2.29. The van der Waals surface area contributed by atoms with Crippen molar-refractivity contribution in [2.45, 2.75) is 38.5 Å². The first-order valence-electron chi connectivity index (χ1n) is 6.44. The Hall–Kier alpha value is -1.77. The predicted octanol–water partition coefficient (Wildman–Crippen LogP) is 3.40. The van der Waals surface area contributed by atoms with Crippen LogP contribution in [0.25, 0.3) is 0 Å². The molecule has 0 spiro atoms. The molecule has 0 amide bonds. The predicted molar refractivity (Wildman–Crippen MR) is 71.6 cm³/mol. The van der Waals surface area contributed by atoms with Crippen LogP contribution in [0, 0.1) is 6.92 Å². The second-order valence-corrected chi connectivity index (χ2v) is 5.40. The van der Waals surface area contributed by atoms with Crippen molar-refractivity contribution in [1.82, 2.24) is 5.16 Å². The van der Waals surface area contributed by atoms with E-state index in [0.717, 1.165) is 18.5 Å². The average Bonchev–Trinajstić information content (AvgIpc) is 2.74. The number of nitrogens with zero attached hydrogens (tertiary/aromatic N) is 1. The van der Waals surface area contributed by atoms with Crippen LogP contribution < -0.4 is 5.73 Å². The van der Waals surface area contributed by atoms with E-state index in [1.165, 1.54) is 23.0 Å². The number of anilines is 1. The third kappa shape index (κ3) is 1.80. The van der Waals surface area contributed by atoms with Crippen molar-refractivity contribution < 1.29 is 4.52 Å². The third-order valence-electron chi connectivity index (χ3n) is 3.95. The van der Waals surface area contributed by atoms with E-state index in [0.29, 0.717) is 17.5 Å². The fourth-order valence-electron chi connectivity index (χ4n) is 3.07. The number of fused-ring (bicyclic) bond motifs is 1. The van der Waals surface area contributed by atoms with E-state index in [1.54, 1.807) is 0 Å². The van der Waals surface area contributed by atoms with Crippen molar-refractivity contribution in [1.29, 1.82) is 0 Å². The molecule has 1 aromatic heterocycles. The van der Waals surface area contributed by atoms with E-state index in [-0.39, 0.29) is 0 Å². The van der Waals surface area contributed by atoms with E-state index in [1.807, 2.05) is 0 Å². The molecule has 0 aliphatic heterocycles. The highest BCUT2D eigenvalue weighted by atomic mass is 16.5. The summed E-state index contributed by atoms with van der Waals surface area (Å²) in [6, 6.07) is 6.74. The van der Waals surface area contributed by atoms with Gasteiger partial charge in [-0.3, -0.25) is 0 Å². The summed E-state index contributed by atoms with van der Waals surface area (Å²) in [5.41, 5.74) is 11.7. The van der Waals surface area contributed by atoms with Crippen LogP contribution in [0.5, 0.6) is 0 Å². The largest absolute Gasteiger partial charge is 0.395 e. The van der Waals surface area contributed by atoms with E-state index in [4.69, 9.17) is 10.3 Å². The smallest absolute Gasteiger partial charge is 0.147 e. The highest BCUT2D eigenvalue weighted by Crippen LogP contribution is 2.40. The maximum absolute atomic E-state index is 5.91. The Balaban J connectivity index is 1.98. The van der Waals surface area contributed by atoms with Crippen LogP contribution in [0.15, 0.2) is 29.0 Å². The van der Waals surface area contributed by atoms with Crippen LogP contribution in [0.4, 0.5) is 5.69 Å². The molecule has 2 unspecified atom stereocenters. The molecule has 2 aromatic rings. The Morgan fingerprint density at radius 3 is 2.94 bits per heavy atom. The van der Waals surface area contributed by atoms with Gasteiger partial charge in [-0.15, -0.1) is 0 Å². The topological polar surface area (TPSA) is 52.0 Å². The number of hydrogen-bond acceptors (Lipinski definition) is 3. The zero-order valence-corrected chi connectivity index (χ0v) is 10.8. The Morgan fingerprint density at radius 1 is 1.39 bits per heavy atom. The monoisotopic (exact) mass is 242 g/mol. The quantitative estimate of drug-likeness (QED) is 0.833. The summed E-state index contributed by atoms with van der Waals surface area (Å²) >= 11 is 0. The molecule has 3 nitrogen and oxygen atoms in total. The fraction of sp³-hybridized carbons (Fsp3) is 0.400. The fourth-order valence-corrected chi connectivity index (χ4v) is 3.07. The molecule has 2 N–H and O–H groups in total. The Bertz CT molecular complexity index is 574. The van der Waals surface area contributed by atoms with Gasteiger partial charge in [0.05, 0.1) is 5.69 Å². The average molecular weight is 242 g/mol. The van der Waals surface area contributed by atoms with Crippen molar-refractivity contribution in [2.75, 3.05) is 5.73 Å². The summed E-state index contributed by atoms with van der Waals surface area (Å²) in [6.07, 6.45) is 3.64. The summed E-state index contributed by atoms with van der Waals surface area (Å²) < 4.78 is 4.97. The standard InChI is InChI=1S/C15H18N2O/c1-9-3-4-13-10(2)6-12(7-11(13)5-9)15-14(16)8-18-17-15/h3-5,8,10,12H,6-7,16H2,1-2H3. The van der Waals surface area contributed by atoms with Gasteiger partial charge in [-0.1, -0.05) is 35.8 Å². The number of aromatic nitrogens is 1. The molecule has 3 heteroatoms. The van der Waals surface area contributed by atoms with Gasteiger partial charge in [0.15, 0.2) is 0 Å². The summed E-state index contributed by atoms with van der Waals surface area (Å²) in [5.74, 6) is 0.934. The number of benzene rings is 1. The second-order valence-electron chi connectivity index (χ2n) is 5.40. The first kappa shape index (κ1) is 11.3. The lowest BCUT2D eigenvalue weighted by molar-refractivity contribution is 0.395. The van der Waals surface area contributed by atoms with Crippen LogP contribution in [-0.4, -0.2) is 5.16 Å². The first-order chi connectivity index (χ1) is 8.65. The van der Waals surface area contributed by atoms with Crippen LogP contribution in [0.2, 0.25) is 0 Å². The number of aryl methyl sites for hydroxylation is 1. The van der Waals surface area contributed by atoms with Gasteiger partial charge in [-0.2, -0.15) is 0 Å². The maximum atomic E-state index is 5.91. The molecular weight excluding hydrogens is 224 g/mol. The molecule has 2 atom stereocenters. The number of hydrogen-bond donors (Lipinski definition) is 1. The van der Waals surface area contributed by atoms with Gasteiger partial charge in [0.1, 0.15) is 12.0 Å². The number of nitrogen functional groups attached to an aromatic ring is 1. The van der Waals surface area contributed by atoms with Crippen LogP contribution >= 0.6 is 0 Å². The maximum Gasteiger partial charge on any atom is 0.147 e. The van der Waals surface area contributed by atoms with E-state index >= 15 is 0 Å². The van der Waals surface area contributed by atoms with Crippen LogP contribution in [0.1, 0.15) is 47.6 Å². The zero-order valence-electron chi connectivity index (χ0n) is 10.8. The minimum Gasteiger partial charge on any atom is -0.395 e. The molecule has 0 radical (unpaired) electrons. The van der Waals surface area contributed by atoms with E-state index in [2.05, 4.69) is 37.2 Å². The molecule has 3 rings (SSSR count). The molecule has 1 aliphatic carbocycles. The van der Waals surface area contributed by atoms with Gasteiger partial charge in [-0.25, -0.2) is 0 Å². The van der Waals surface area contributed by atoms with Crippen molar-refractivity contribution in [3.8, 4) is 0 Å². The van der Waals surface area contributed by atoms with Gasteiger partial charge in [-0.05, 0) is 36.8 Å². The molecule has 1 aliphatic rings. The molecule has 0 saturated heterocycles. The van der Waals surface area contributed by atoms with Crippen molar-refractivity contribution in [2.24, 2.45) is 0 Å². The zero-order chi connectivity index (χ0) is 12.7. The molecule has 0 fully saturated rings. The van der Waals surface area contributed by atoms with Gasteiger partial charge in [0.25, 0.3) is 0 Å². The van der Waals surface area contributed by atoms with Crippen LogP contribution in [-0.2, 0) is 6.42 Å². The van der Waals surface area contributed by atoms with Gasteiger partial charge in [0.2, 0.25) is 0 Å². The molecule has 94 valence electrons. The minimum absolute atomic E-state index is 0.382. The SMILES string of the molecule is Cc1ccc2c(c1)CC(c1nocc1N)CC2C. The molecule has 18 heavy (non-hydrogen) atoms. The van der Waals surface area contributed by atoms with Crippen molar-refractivity contribution in [3.05, 3.63) is 46.8 Å². The Morgan fingerprint density at radius 2 is 2.22 bits per heavy atom. The molecule has 1 heterocycles. The van der Waals surface area contributed by atoms with Gasteiger partial charge in [0, 0.05) is 5.92 Å². The van der Waals surface area contributed by atoms with Gasteiger partial charge < -0.3 is 10.3 Å². The summed E-state index contributed by atoms with van der Waals surface area (Å²) in [4.78, 5) is 0.